The Morgan fingerprint density at radius 2 is 1.69 bits per heavy atom. The summed E-state index contributed by atoms with van der Waals surface area (Å²) in [6, 6.07) is 15.1. The summed E-state index contributed by atoms with van der Waals surface area (Å²) in [5, 5.41) is 12.6. The van der Waals surface area contributed by atoms with Crippen molar-refractivity contribution < 1.29 is 23.9 Å². The van der Waals surface area contributed by atoms with Crippen molar-refractivity contribution in [2.24, 2.45) is 0 Å². The quantitative estimate of drug-likeness (QED) is 0.219. The number of amides is 1. The molecule has 0 unspecified atom stereocenters. The summed E-state index contributed by atoms with van der Waals surface area (Å²) < 4.78 is 16.5. The topological polar surface area (TPSA) is 104 Å². The molecule has 0 spiro atoms. The molecule has 35 heavy (non-hydrogen) atoms. The van der Waals surface area contributed by atoms with Crippen molar-refractivity contribution in [3.63, 3.8) is 0 Å². The van der Waals surface area contributed by atoms with E-state index in [4.69, 9.17) is 25.8 Å². The molecule has 1 aromatic heterocycles. The Kier molecular flexibility index (Phi) is 7.04. The van der Waals surface area contributed by atoms with Gasteiger partial charge >= 0.3 is 0 Å². The Morgan fingerprint density at radius 1 is 1.03 bits per heavy atom. The highest BCUT2D eigenvalue weighted by atomic mass is 35.5. The molecule has 0 saturated heterocycles. The van der Waals surface area contributed by atoms with Gasteiger partial charge in [0, 0.05) is 6.07 Å². The van der Waals surface area contributed by atoms with Crippen LogP contribution in [0, 0.1) is 10.1 Å². The van der Waals surface area contributed by atoms with Crippen LogP contribution in [0.25, 0.3) is 10.2 Å². The Morgan fingerprint density at radius 3 is 2.31 bits per heavy atom. The number of thiazole rings is 1. The average Bonchev–Trinajstić information content (AvgIpc) is 3.33. The van der Waals surface area contributed by atoms with Gasteiger partial charge in [-0.2, -0.15) is 0 Å². The van der Waals surface area contributed by atoms with Crippen molar-refractivity contribution in [3.8, 4) is 17.2 Å². The molecule has 11 heteroatoms. The molecule has 0 aliphatic rings. The normalized spacial score (nSPS) is 10.7. The second-order valence-corrected chi connectivity index (χ2v) is 8.67. The minimum Gasteiger partial charge on any atom is -0.494 e. The van der Waals surface area contributed by atoms with Crippen LogP contribution in [0.15, 0.2) is 54.6 Å². The van der Waals surface area contributed by atoms with Gasteiger partial charge in [-0.15, -0.1) is 0 Å². The van der Waals surface area contributed by atoms with Crippen molar-refractivity contribution >= 4 is 49.9 Å². The van der Waals surface area contributed by atoms with Gasteiger partial charge in [0.05, 0.1) is 48.6 Å². The molecule has 0 saturated carbocycles. The fourth-order valence-corrected chi connectivity index (χ4v) is 4.80. The number of hydrogen-bond acceptors (Lipinski definition) is 8. The van der Waals surface area contributed by atoms with Crippen molar-refractivity contribution in [2.45, 2.75) is 6.54 Å². The van der Waals surface area contributed by atoms with Crippen LogP contribution in [0.5, 0.6) is 17.2 Å². The van der Waals surface area contributed by atoms with E-state index >= 15 is 0 Å². The van der Waals surface area contributed by atoms with Gasteiger partial charge in [-0.25, -0.2) is 4.98 Å². The number of ether oxygens (including phenoxy) is 3. The first-order valence-electron chi connectivity index (χ1n) is 10.3. The number of nitro benzene ring substituents is 1. The van der Waals surface area contributed by atoms with Crippen LogP contribution >= 0.6 is 22.9 Å². The fourth-order valence-electron chi connectivity index (χ4n) is 3.55. The number of nitrogens with zero attached hydrogens (tertiary/aromatic N) is 3. The predicted molar refractivity (Wildman–Crippen MR) is 134 cm³/mol. The highest BCUT2D eigenvalue weighted by Gasteiger charge is 2.31. The van der Waals surface area contributed by atoms with Crippen molar-refractivity contribution in [3.05, 3.63) is 80.9 Å². The predicted octanol–water partition coefficient (Wildman–Crippen LogP) is 5.73. The van der Waals surface area contributed by atoms with Gasteiger partial charge in [-0.1, -0.05) is 53.3 Å². The van der Waals surface area contributed by atoms with Crippen LogP contribution in [0.4, 0.5) is 10.8 Å². The van der Waals surface area contributed by atoms with Gasteiger partial charge in [0.2, 0.25) is 0 Å². The number of rotatable bonds is 8. The molecule has 1 heterocycles. The average molecular weight is 514 g/mol. The molecule has 3 aromatic carbocycles. The molecule has 0 fully saturated rings. The molecule has 0 aliphatic heterocycles. The van der Waals surface area contributed by atoms with Crippen molar-refractivity contribution in [1.29, 1.82) is 0 Å². The number of halogens is 1. The molecule has 0 atom stereocenters. The van der Waals surface area contributed by atoms with Crippen LogP contribution < -0.4 is 19.1 Å². The summed E-state index contributed by atoms with van der Waals surface area (Å²) in [4.78, 5) is 31.1. The van der Waals surface area contributed by atoms with E-state index in [1.165, 1.54) is 49.7 Å². The summed E-state index contributed by atoms with van der Waals surface area (Å²) in [5.41, 5.74) is 0.720. The lowest BCUT2D eigenvalue weighted by molar-refractivity contribution is -0.385. The number of carbonyl (C=O) groups is 1. The molecular weight excluding hydrogens is 494 g/mol. The van der Waals surface area contributed by atoms with E-state index in [-0.39, 0.29) is 23.6 Å². The Balaban J connectivity index is 1.90. The first-order chi connectivity index (χ1) is 16.9. The molecule has 0 aliphatic carbocycles. The van der Waals surface area contributed by atoms with Crippen LogP contribution in [0.3, 0.4) is 0 Å². The number of anilines is 1. The maximum atomic E-state index is 13.9. The number of aromatic nitrogens is 1. The monoisotopic (exact) mass is 513 g/mol. The molecule has 0 N–H and O–H groups in total. The second-order valence-electron chi connectivity index (χ2n) is 7.28. The smallest absolute Gasteiger partial charge is 0.286 e. The van der Waals surface area contributed by atoms with E-state index in [1.54, 1.807) is 12.1 Å². The SMILES string of the molecule is COc1cc(C(=O)N(Cc2ccccc2)c2nc3c(OC)ccc(Cl)c3s2)c([N+](=O)[O-])cc1OC. The van der Waals surface area contributed by atoms with E-state index in [2.05, 4.69) is 4.98 Å². The first-order valence-corrected chi connectivity index (χ1v) is 11.5. The molecule has 4 aromatic rings. The molecule has 1 amide bonds. The summed E-state index contributed by atoms with van der Waals surface area (Å²) >= 11 is 7.58. The molecule has 9 nitrogen and oxygen atoms in total. The highest BCUT2D eigenvalue weighted by Crippen LogP contribution is 2.41. The van der Waals surface area contributed by atoms with Crippen LogP contribution in [0.1, 0.15) is 15.9 Å². The summed E-state index contributed by atoms with van der Waals surface area (Å²) in [6.45, 7) is 0.116. The standard InChI is InChI=1S/C24H20ClN3O6S/c1-32-18-10-9-16(25)22-21(18)26-24(35-22)27(13-14-7-5-4-6-8-14)23(29)15-11-19(33-2)20(34-3)12-17(15)28(30)31/h4-12H,13H2,1-3H3. The van der Waals surface area contributed by atoms with E-state index in [0.29, 0.717) is 26.1 Å². The molecule has 0 radical (unpaired) electrons. The molecule has 4 rings (SSSR count). The van der Waals surface area contributed by atoms with Gasteiger partial charge < -0.3 is 14.2 Å². The maximum absolute atomic E-state index is 13.9. The van der Waals surface area contributed by atoms with Crippen molar-refractivity contribution in [1.82, 2.24) is 4.98 Å². The lowest BCUT2D eigenvalue weighted by Crippen LogP contribution is -2.31. The minimum absolute atomic E-state index is 0.116. The van der Waals surface area contributed by atoms with E-state index < -0.39 is 16.5 Å². The maximum Gasteiger partial charge on any atom is 0.286 e. The van der Waals surface area contributed by atoms with Gasteiger partial charge in [0.25, 0.3) is 11.6 Å². The van der Waals surface area contributed by atoms with Crippen molar-refractivity contribution in [2.75, 3.05) is 26.2 Å². The van der Waals surface area contributed by atoms with Gasteiger partial charge in [-0.3, -0.25) is 19.8 Å². The largest absolute Gasteiger partial charge is 0.494 e. The van der Waals surface area contributed by atoms with Crippen LogP contribution in [0.2, 0.25) is 5.02 Å². The van der Waals surface area contributed by atoms with E-state index in [0.717, 1.165) is 5.56 Å². The number of hydrogen-bond donors (Lipinski definition) is 0. The lowest BCUT2D eigenvalue weighted by Gasteiger charge is -2.21. The second kappa shape index (κ2) is 10.2. The summed E-state index contributed by atoms with van der Waals surface area (Å²) in [7, 11) is 4.27. The summed E-state index contributed by atoms with van der Waals surface area (Å²) in [6.07, 6.45) is 0. The first kappa shape index (κ1) is 24.2. The number of methoxy groups -OCH3 is 3. The third kappa shape index (κ3) is 4.71. The van der Waals surface area contributed by atoms with E-state index in [1.807, 2.05) is 30.3 Å². The third-order valence-electron chi connectivity index (χ3n) is 5.26. The van der Waals surface area contributed by atoms with Crippen LogP contribution in [-0.4, -0.2) is 37.1 Å². The highest BCUT2D eigenvalue weighted by molar-refractivity contribution is 7.23. The molecular formula is C24H20ClN3O6S. The zero-order chi connectivity index (χ0) is 25.1. The number of benzene rings is 3. The van der Waals surface area contributed by atoms with Gasteiger partial charge in [-0.05, 0) is 17.7 Å². The third-order valence-corrected chi connectivity index (χ3v) is 6.79. The Bertz CT molecular complexity index is 1410. The number of fused-ring (bicyclic) bond motifs is 1. The van der Waals surface area contributed by atoms with Gasteiger partial charge in [0.1, 0.15) is 16.8 Å². The van der Waals surface area contributed by atoms with Gasteiger partial charge in [0.15, 0.2) is 16.6 Å². The van der Waals surface area contributed by atoms with Crippen LogP contribution in [-0.2, 0) is 6.54 Å². The minimum atomic E-state index is -0.631. The Hall–Kier alpha value is -3.89. The summed E-state index contributed by atoms with van der Waals surface area (Å²) in [5.74, 6) is 0.198. The zero-order valence-electron chi connectivity index (χ0n) is 19.0. The Labute approximate surface area is 209 Å². The lowest BCUT2D eigenvalue weighted by atomic mass is 10.1. The number of carbonyl (C=O) groups excluding carboxylic acids is 1. The van der Waals surface area contributed by atoms with E-state index in [9.17, 15) is 14.9 Å². The molecule has 0 bridgehead atoms. The zero-order valence-corrected chi connectivity index (χ0v) is 20.6. The fraction of sp³-hybridized carbons (Fsp3) is 0.167. The number of nitro groups is 1. The molecule has 180 valence electrons.